The predicted octanol–water partition coefficient (Wildman–Crippen LogP) is 6.39. The van der Waals surface area contributed by atoms with Crippen LogP contribution < -0.4 is 5.56 Å². The van der Waals surface area contributed by atoms with Crippen molar-refractivity contribution in [3.05, 3.63) is 111 Å². The maximum Gasteiger partial charge on any atom is 0.251 e. The van der Waals surface area contributed by atoms with Crippen LogP contribution in [0.5, 0.6) is 0 Å². The minimum Gasteiger partial charge on any atom is -0.363 e. The number of hydrogen-bond acceptors (Lipinski definition) is 3. The summed E-state index contributed by atoms with van der Waals surface area (Å²) in [5.41, 5.74) is 6.12. The molecule has 4 aromatic rings. The Morgan fingerprint density at radius 3 is 2.58 bits per heavy atom. The Morgan fingerprint density at radius 2 is 1.92 bits per heavy atom. The van der Waals surface area contributed by atoms with Gasteiger partial charge in [0.25, 0.3) is 5.56 Å². The number of nitrogens with zero attached hydrogens (tertiary/aromatic N) is 3. The number of fused-ring (bicyclic) bond motifs is 1. The minimum absolute atomic E-state index is 0.0701. The van der Waals surface area contributed by atoms with Gasteiger partial charge in [-0.05, 0) is 65.8 Å². The first kappa shape index (κ1) is 24.3. The molecule has 2 aromatic carbocycles. The molecule has 2 atom stereocenters. The molecule has 1 aliphatic rings. The highest BCUT2D eigenvalue weighted by Gasteiger charge is 2.42. The third-order valence-electron chi connectivity index (χ3n) is 7.58. The van der Waals surface area contributed by atoms with Crippen LogP contribution in [0.2, 0.25) is 5.02 Å². The molecule has 0 spiro atoms. The van der Waals surface area contributed by atoms with Crippen molar-refractivity contribution >= 4 is 22.5 Å². The van der Waals surface area contributed by atoms with E-state index in [0.29, 0.717) is 10.9 Å². The third-order valence-corrected chi connectivity index (χ3v) is 7.81. The highest BCUT2D eigenvalue weighted by Crippen LogP contribution is 2.46. The molecule has 0 aliphatic heterocycles. The topological polar surface area (TPSA) is 49.1 Å². The fourth-order valence-corrected chi connectivity index (χ4v) is 5.53. The Balaban J connectivity index is 1.85. The first-order valence-corrected chi connectivity index (χ1v) is 12.4. The van der Waals surface area contributed by atoms with Crippen molar-refractivity contribution in [1.82, 2.24) is 14.1 Å². The Bertz CT molecular complexity index is 1590. The van der Waals surface area contributed by atoms with E-state index in [0.717, 1.165) is 39.7 Å². The van der Waals surface area contributed by atoms with Gasteiger partial charge in [-0.3, -0.25) is 4.79 Å². The molecule has 0 saturated heterocycles. The normalized spacial score (nSPS) is 17.6. The number of methoxy groups -OCH3 is 1. The van der Waals surface area contributed by atoms with Crippen LogP contribution in [0.3, 0.4) is 0 Å². The molecule has 0 amide bonds. The van der Waals surface area contributed by atoms with Crippen molar-refractivity contribution in [2.45, 2.75) is 25.9 Å². The molecule has 0 saturated carbocycles. The van der Waals surface area contributed by atoms with Crippen LogP contribution in [-0.2, 0) is 24.4 Å². The largest absolute Gasteiger partial charge is 0.363 e. The molecule has 1 aliphatic carbocycles. The summed E-state index contributed by atoms with van der Waals surface area (Å²) in [5, 5.41) is 1.58. The van der Waals surface area contributed by atoms with Crippen molar-refractivity contribution < 1.29 is 4.74 Å². The smallest absolute Gasteiger partial charge is 0.251 e. The van der Waals surface area contributed by atoms with Gasteiger partial charge in [0.2, 0.25) is 0 Å². The molecule has 2 aromatic heterocycles. The van der Waals surface area contributed by atoms with Crippen LogP contribution in [-0.4, -0.2) is 21.2 Å². The average molecular weight is 500 g/mol. The Kier molecular flexibility index (Phi) is 6.23. The fourth-order valence-electron chi connectivity index (χ4n) is 5.34. The lowest BCUT2D eigenvalue weighted by atomic mass is 9.75. The highest BCUT2D eigenvalue weighted by molar-refractivity contribution is 6.30. The van der Waals surface area contributed by atoms with E-state index in [1.54, 1.807) is 31.1 Å². The number of hydrogen-bond donors (Lipinski definition) is 0. The number of allylic oxidation sites excluding steroid dienone is 3. The van der Waals surface area contributed by atoms with Gasteiger partial charge >= 0.3 is 0 Å². The van der Waals surface area contributed by atoms with Crippen molar-refractivity contribution in [2.24, 2.45) is 20.0 Å². The summed E-state index contributed by atoms with van der Waals surface area (Å²) in [6.45, 7) is 4.42. The van der Waals surface area contributed by atoms with Gasteiger partial charge in [-0.2, -0.15) is 0 Å². The van der Waals surface area contributed by atoms with Crippen molar-refractivity contribution in [3.63, 3.8) is 0 Å². The Labute approximate surface area is 216 Å². The quantitative estimate of drug-likeness (QED) is 0.319. The second-order valence-corrected chi connectivity index (χ2v) is 10.1. The zero-order chi connectivity index (χ0) is 25.6. The summed E-state index contributed by atoms with van der Waals surface area (Å²) in [6, 6.07) is 15.5. The van der Waals surface area contributed by atoms with Gasteiger partial charge in [0.1, 0.15) is 0 Å². The molecule has 36 heavy (non-hydrogen) atoms. The predicted molar refractivity (Wildman–Crippen MR) is 146 cm³/mol. The molecule has 2 unspecified atom stereocenters. The van der Waals surface area contributed by atoms with Gasteiger partial charge in [0.05, 0.1) is 23.7 Å². The van der Waals surface area contributed by atoms with Gasteiger partial charge in [0, 0.05) is 37.7 Å². The molecule has 0 N–H and O–H groups in total. The van der Waals surface area contributed by atoms with E-state index in [2.05, 4.69) is 43.1 Å². The summed E-state index contributed by atoms with van der Waals surface area (Å²) in [4.78, 5) is 17.3. The van der Waals surface area contributed by atoms with E-state index < -0.39 is 5.60 Å². The monoisotopic (exact) mass is 499 g/mol. The molecule has 0 fully saturated rings. The number of aromatic nitrogens is 3. The zero-order valence-electron chi connectivity index (χ0n) is 21.2. The summed E-state index contributed by atoms with van der Waals surface area (Å²) >= 11 is 6.33. The van der Waals surface area contributed by atoms with Gasteiger partial charge < -0.3 is 13.9 Å². The van der Waals surface area contributed by atoms with Crippen LogP contribution in [0.1, 0.15) is 31.5 Å². The van der Waals surface area contributed by atoms with E-state index in [4.69, 9.17) is 16.3 Å². The number of imidazole rings is 1. The molecular formula is C30H30ClN3O2. The van der Waals surface area contributed by atoms with E-state index in [1.807, 2.05) is 48.1 Å². The molecule has 0 bridgehead atoms. The number of aryl methyl sites for hydroxylation is 2. The minimum atomic E-state index is -0.842. The number of rotatable bonds is 5. The average Bonchev–Trinajstić information content (AvgIpc) is 3.30. The molecule has 0 radical (unpaired) electrons. The zero-order valence-corrected chi connectivity index (χ0v) is 22.0. The van der Waals surface area contributed by atoms with E-state index in [9.17, 15) is 4.79 Å². The lowest BCUT2D eigenvalue weighted by molar-refractivity contribution is 0.0443. The van der Waals surface area contributed by atoms with E-state index in [-0.39, 0.29) is 5.56 Å². The first-order chi connectivity index (χ1) is 17.3. The molecule has 5 rings (SSSR count). The van der Waals surface area contributed by atoms with Crippen LogP contribution in [0, 0.1) is 5.92 Å². The van der Waals surface area contributed by atoms with Crippen LogP contribution in [0.25, 0.3) is 22.0 Å². The number of halogens is 1. The molecule has 2 heterocycles. The fraction of sp³-hybridized carbons (Fsp3) is 0.267. The lowest BCUT2D eigenvalue weighted by Gasteiger charge is -2.38. The van der Waals surface area contributed by atoms with Crippen molar-refractivity contribution in [3.8, 4) is 11.1 Å². The number of benzene rings is 2. The number of pyridine rings is 1. The highest BCUT2D eigenvalue weighted by atomic mass is 35.5. The van der Waals surface area contributed by atoms with E-state index in [1.165, 1.54) is 11.1 Å². The second kappa shape index (κ2) is 9.23. The summed E-state index contributed by atoms with van der Waals surface area (Å²) in [5.74, 6) is 0.399. The van der Waals surface area contributed by atoms with Gasteiger partial charge in [-0.25, -0.2) is 4.98 Å². The maximum absolute atomic E-state index is 12.9. The third kappa shape index (κ3) is 3.83. The molecule has 6 heteroatoms. The standard InChI is InChI=1S/C30H30ClN3O2/c1-19-9-10-22(13-20(19)2)30(36-5,28-17-32-18-33(28)3)23-11-12-27-26(15-23)25(16-29(35)34(27)4)21-7-6-8-24(31)14-21/h6-12,14-18,20H,13H2,1-5H3. The maximum atomic E-state index is 12.9. The molecule has 184 valence electrons. The van der Waals surface area contributed by atoms with Crippen LogP contribution >= 0.6 is 11.6 Å². The SMILES string of the molecule is COC(C1=CC=C(C)C(C)C1)(c1ccc2c(c1)c(-c1cccc(Cl)c1)cc(=O)n2C)c1cncn1C. The summed E-state index contributed by atoms with van der Waals surface area (Å²) in [7, 11) is 5.55. The van der Waals surface area contributed by atoms with Gasteiger partial charge in [0.15, 0.2) is 5.60 Å². The van der Waals surface area contributed by atoms with Crippen LogP contribution in [0.15, 0.2) is 89.1 Å². The van der Waals surface area contributed by atoms with Crippen molar-refractivity contribution in [1.29, 1.82) is 0 Å². The number of ether oxygens (including phenoxy) is 1. The summed E-state index contributed by atoms with van der Waals surface area (Å²) < 4.78 is 10.2. The van der Waals surface area contributed by atoms with Crippen LogP contribution in [0.4, 0.5) is 0 Å². The lowest BCUT2D eigenvalue weighted by Crippen LogP contribution is -2.36. The van der Waals surface area contributed by atoms with Crippen molar-refractivity contribution in [2.75, 3.05) is 7.11 Å². The summed E-state index contributed by atoms with van der Waals surface area (Å²) in [6.07, 6.45) is 8.93. The second-order valence-electron chi connectivity index (χ2n) is 9.68. The molecule has 5 nitrogen and oxygen atoms in total. The first-order valence-electron chi connectivity index (χ1n) is 12.1. The van der Waals surface area contributed by atoms with Gasteiger partial charge in [-0.15, -0.1) is 0 Å². The molecular weight excluding hydrogens is 470 g/mol. The van der Waals surface area contributed by atoms with Gasteiger partial charge in [-0.1, -0.05) is 54.4 Å². The Hall–Kier alpha value is -3.41. The Morgan fingerprint density at radius 1 is 1.11 bits per heavy atom. The van der Waals surface area contributed by atoms with E-state index >= 15 is 0 Å².